The van der Waals surface area contributed by atoms with Crippen molar-refractivity contribution < 1.29 is 5.21 Å². The zero-order chi connectivity index (χ0) is 2.71. The van der Waals surface area contributed by atoms with E-state index in [9.17, 15) is 0 Å². The van der Waals surface area contributed by atoms with Crippen molar-refractivity contribution in [2.75, 3.05) is 0 Å². The van der Waals surface area contributed by atoms with E-state index in [0.717, 1.165) is 0 Å². The van der Waals surface area contributed by atoms with Gasteiger partial charge < -0.3 is 5.21 Å². The van der Waals surface area contributed by atoms with Gasteiger partial charge in [0.2, 0.25) is 0 Å². The molecule has 0 fully saturated rings. The van der Waals surface area contributed by atoms with Crippen molar-refractivity contribution in [2.45, 2.75) is 0 Å². The van der Waals surface area contributed by atoms with E-state index in [1.54, 1.807) is 0 Å². The fourth-order valence-electron chi connectivity index (χ4n) is 0. The normalized spacial score (nSPS) is 1.50. The molecule has 1 N–H and O–H groups in total. The quantitative estimate of drug-likeness (QED) is 0.376. The van der Waals surface area contributed by atoms with Gasteiger partial charge in [0.1, 0.15) is 0 Å². The molecule has 0 aromatic heterocycles. The van der Waals surface area contributed by atoms with Crippen LogP contribution in [-0.4, -0.2) is 34.8 Å². The van der Waals surface area contributed by atoms with Gasteiger partial charge in [-0.2, -0.15) is 0 Å². The molecule has 0 aliphatic rings. The van der Waals surface area contributed by atoms with E-state index < -0.39 is 0 Å². The monoisotopic (exact) mass is 215 g/mol. The SMILES string of the molecule is Cl.Cl.Cl.Cl.O=NO.[NaH]. The second-order valence-corrected chi connectivity index (χ2v) is 0.0816. The van der Waals surface area contributed by atoms with Gasteiger partial charge in [0.25, 0.3) is 0 Å². The van der Waals surface area contributed by atoms with Crippen LogP contribution in [0.15, 0.2) is 5.34 Å². The molecule has 0 rings (SSSR count). The predicted molar refractivity (Wildman–Crippen MR) is 43.7 cm³/mol. The summed E-state index contributed by atoms with van der Waals surface area (Å²) in [4.78, 5) is 8.11. The number of nitrogens with zero attached hydrogens (tertiary/aromatic N) is 1. The molecule has 0 aliphatic carbocycles. The summed E-state index contributed by atoms with van der Waals surface area (Å²) in [6, 6.07) is 0. The van der Waals surface area contributed by atoms with Crippen molar-refractivity contribution in [3.63, 3.8) is 0 Å². The molecule has 0 spiro atoms. The van der Waals surface area contributed by atoms with Crippen molar-refractivity contribution in [3.05, 3.63) is 4.91 Å². The molecule has 0 aromatic carbocycles. The number of rotatable bonds is 0. The Kier molecular flexibility index (Phi) is 516. The zero-order valence-corrected chi connectivity index (χ0v) is 6.20. The molecular formula is H6Cl4NNaO2. The van der Waals surface area contributed by atoms with Crippen molar-refractivity contribution in [1.82, 2.24) is 0 Å². The summed E-state index contributed by atoms with van der Waals surface area (Å²) in [7, 11) is 0. The van der Waals surface area contributed by atoms with E-state index >= 15 is 0 Å². The maximum absolute atomic E-state index is 8.11. The summed E-state index contributed by atoms with van der Waals surface area (Å²) in [5.74, 6) is 0. The second-order valence-electron chi connectivity index (χ2n) is 0.0816. The molecule has 0 unspecified atom stereocenters. The van der Waals surface area contributed by atoms with E-state index in [1.165, 1.54) is 5.34 Å². The topological polar surface area (TPSA) is 49.7 Å². The van der Waals surface area contributed by atoms with Crippen LogP contribution < -0.4 is 0 Å². The van der Waals surface area contributed by atoms with Crippen LogP contribution in [0, 0.1) is 4.91 Å². The summed E-state index contributed by atoms with van der Waals surface area (Å²) in [6.07, 6.45) is 0. The molecule has 52 valence electrons. The first-order chi connectivity index (χ1) is 1.41. The summed E-state index contributed by atoms with van der Waals surface area (Å²) in [5.41, 5.74) is 0. The molecule has 0 amide bonds. The van der Waals surface area contributed by atoms with Crippen molar-refractivity contribution in [2.24, 2.45) is 5.34 Å². The number of hydrogen-bond acceptors (Lipinski definition) is 2. The molecule has 0 saturated heterocycles. The molecule has 3 nitrogen and oxygen atoms in total. The Hall–Kier alpha value is 1.56. The first-order valence-corrected chi connectivity index (χ1v) is 0.383. The Balaban J connectivity index is -0.00000000200. The Bertz CT molecular complexity index is 21.5. The predicted octanol–water partition coefficient (Wildman–Crippen LogP) is 1.18. The molecule has 0 aliphatic heterocycles. The van der Waals surface area contributed by atoms with Gasteiger partial charge in [-0.25, -0.2) is 0 Å². The Morgan fingerprint density at radius 3 is 1.00 bits per heavy atom. The molecule has 0 radical (unpaired) electrons. The van der Waals surface area contributed by atoms with Gasteiger partial charge in [-0.1, -0.05) is 0 Å². The minimum absolute atomic E-state index is 0. The van der Waals surface area contributed by atoms with Gasteiger partial charge >= 0.3 is 29.6 Å². The minimum atomic E-state index is 0. The molecular weight excluding hydrogens is 211 g/mol. The average Bonchev–Trinajstić information content (AvgIpc) is 0.918. The molecule has 8 heteroatoms. The van der Waals surface area contributed by atoms with E-state index in [0.29, 0.717) is 0 Å². The van der Waals surface area contributed by atoms with Crippen LogP contribution >= 0.6 is 49.6 Å². The van der Waals surface area contributed by atoms with Gasteiger partial charge in [-0.3, -0.25) is 0 Å². The Morgan fingerprint density at radius 1 is 1.00 bits per heavy atom. The molecule has 8 heavy (non-hydrogen) atoms. The van der Waals surface area contributed by atoms with Crippen LogP contribution in [0.2, 0.25) is 0 Å². The van der Waals surface area contributed by atoms with Gasteiger partial charge in [0.15, 0.2) is 5.34 Å². The van der Waals surface area contributed by atoms with Crippen LogP contribution in [-0.2, 0) is 0 Å². The molecule has 0 atom stereocenters. The molecule has 0 aromatic rings. The fourth-order valence-corrected chi connectivity index (χ4v) is 0. The first kappa shape index (κ1) is 55.3. The Morgan fingerprint density at radius 2 is 1.00 bits per heavy atom. The Labute approximate surface area is 93.8 Å². The summed E-state index contributed by atoms with van der Waals surface area (Å²) < 4.78 is 0. The molecule has 0 heterocycles. The summed E-state index contributed by atoms with van der Waals surface area (Å²) in [5, 5.41) is 7.89. The standard InChI is InChI=1S/4ClH.HNO2.Na.H/c;;;;2-1-3;;/h4*1H;(H,2,3);;. The van der Waals surface area contributed by atoms with Crippen LogP contribution in [0.5, 0.6) is 0 Å². The van der Waals surface area contributed by atoms with E-state index in [4.69, 9.17) is 10.1 Å². The number of hydrogen-bond donors (Lipinski definition) is 1. The van der Waals surface area contributed by atoms with Crippen LogP contribution in [0.25, 0.3) is 0 Å². The van der Waals surface area contributed by atoms with Crippen molar-refractivity contribution >= 4 is 79.2 Å². The number of halogens is 4. The fraction of sp³-hybridized carbons (Fsp3) is 0. The third-order valence-electron chi connectivity index (χ3n) is 0. The summed E-state index contributed by atoms with van der Waals surface area (Å²) in [6.45, 7) is 0. The van der Waals surface area contributed by atoms with E-state index in [1.807, 2.05) is 0 Å². The van der Waals surface area contributed by atoms with E-state index in [2.05, 4.69) is 0 Å². The van der Waals surface area contributed by atoms with E-state index in [-0.39, 0.29) is 79.2 Å². The van der Waals surface area contributed by atoms with Gasteiger partial charge in [0.05, 0.1) is 0 Å². The van der Waals surface area contributed by atoms with Gasteiger partial charge in [0, 0.05) is 0 Å². The average molecular weight is 217 g/mol. The first-order valence-electron chi connectivity index (χ1n) is 0.383. The van der Waals surface area contributed by atoms with Crippen LogP contribution in [0.4, 0.5) is 0 Å². The van der Waals surface area contributed by atoms with Crippen molar-refractivity contribution in [1.29, 1.82) is 0 Å². The second kappa shape index (κ2) is 74.7. The zero-order valence-electron chi connectivity index (χ0n) is 2.94. The van der Waals surface area contributed by atoms with Crippen LogP contribution in [0.1, 0.15) is 0 Å². The third-order valence-corrected chi connectivity index (χ3v) is 0. The maximum atomic E-state index is 8.11. The van der Waals surface area contributed by atoms with Crippen molar-refractivity contribution in [3.8, 4) is 0 Å². The molecule has 0 bridgehead atoms. The van der Waals surface area contributed by atoms with Gasteiger partial charge in [-0.15, -0.1) is 54.5 Å². The summed E-state index contributed by atoms with van der Waals surface area (Å²) >= 11 is 0. The van der Waals surface area contributed by atoms with Gasteiger partial charge in [-0.05, 0) is 0 Å². The van der Waals surface area contributed by atoms with Crippen LogP contribution in [0.3, 0.4) is 0 Å². The molecule has 0 saturated carbocycles. The third kappa shape index (κ3) is 134.